The highest BCUT2D eigenvalue weighted by atomic mass is 127. The number of aliphatic imine (C=N–C) groups is 1. The van der Waals surface area contributed by atoms with Crippen molar-refractivity contribution in [2.75, 3.05) is 26.2 Å². The molecule has 0 spiro atoms. The number of likely N-dealkylation sites (tertiary alicyclic amines) is 1. The average molecular weight is 450 g/mol. The quantitative estimate of drug-likeness (QED) is 0.365. The van der Waals surface area contributed by atoms with E-state index in [2.05, 4.69) is 43.2 Å². The Balaban J connectivity index is 0.00000288. The lowest BCUT2D eigenvalue weighted by atomic mass is 9.84. The van der Waals surface area contributed by atoms with Crippen molar-refractivity contribution in [1.82, 2.24) is 15.5 Å². The number of halogens is 1. The third-order valence-electron chi connectivity index (χ3n) is 5.93. The topological polar surface area (TPSA) is 39.7 Å². The lowest BCUT2D eigenvalue weighted by molar-refractivity contribution is 0.167. The molecule has 0 aromatic carbocycles. The van der Waals surface area contributed by atoms with Crippen LogP contribution in [0.3, 0.4) is 0 Å². The van der Waals surface area contributed by atoms with Gasteiger partial charge in [-0.25, -0.2) is 0 Å². The Hall–Kier alpha value is -0.0400. The van der Waals surface area contributed by atoms with E-state index < -0.39 is 0 Å². The molecule has 0 amide bonds. The number of nitrogens with zero attached hydrogens (tertiary/aromatic N) is 2. The van der Waals surface area contributed by atoms with E-state index in [4.69, 9.17) is 4.99 Å². The Labute approximate surface area is 166 Å². The molecule has 0 bridgehead atoms. The molecule has 142 valence electrons. The molecule has 1 aliphatic carbocycles. The lowest BCUT2D eigenvalue weighted by Gasteiger charge is -2.35. The highest BCUT2D eigenvalue weighted by molar-refractivity contribution is 14.0. The number of nitrogens with one attached hydrogen (secondary N) is 2. The van der Waals surface area contributed by atoms with Crippen molar-refractivity contribution >= 4 is 29.9 Å². The van der Waals surface area contributed by atoms with Gasteiger partial charge in [-0.05, 0) is 58.3 Å². The summed E-state index contributed by atoms with van der Waals surface area (Å²) in [6.07, 6.45) is 9.21. The molecule has 2 fully saturated rings. The number of hydrogen-bond acceptors (Lipinski definition) is 2. The maximum absolute atomic E-state index is 4.97. The molecule has 0 atom stereocenters. The minimum Gasteiger partial charge on any atom is -0.357 e. The van der Waals surface area contributed by atoms with Gasteiger partial charge in [0, 0.05) is 38.3 Å². The van der Waals surface area contributed by atoms with Crippen LogP contribution in [-0.4, -0.2) is 49.1 Å². The van der Waals surface area contributed by atoms with Crippen molar-refractivity contribution in [2.24, 2.45) is 10.4 Å². The van der Waals surface area contributed by atoms with Gasteiger partial charge in [0.2, 0.25) is 0 Å². The van der Waals surface area contributed by atoms with Crippen molar-refractivity contribution in [3.05, 3.63) is 0 Å². The number of piperidine rings is 1. The summed E-state index contributed by atoms with van der Waals surface area (Å²) in [6.45, 7) is 13.4. The Kier molecular flexibility index (Phi) is 9.94. The van der Waals surface area contributed by atoms with Crippen LogP contribution in [0.5, 0.6) is 0 Å². The largest absolute Gasteiger partial charge is 0.357 e. The van der Waals surface area contributed by atoms with Crippen LogP contribution in [-0.2, 0) is 0 Å². The SMILES string of the molecule is CCNC(=NCC1(CC)CCCC1)NC1CCN(C(C)C)CC1.I. The monoisotopic (exact) mass is 450 g/mol. The van der Waals surface area contributed by atoms with Gasteiger partial charge < -0.3 is 15.5 Å². The number of rotatable bonds is 6. The number of hydrogen-bond donors (Lipinski definition) is 2. The van der Waals surface area contributed by atoms with Gasteiger partial charge in [0.15, 0.2) is 5.96 Å². The Morgan fingerprint density at radius 2 is 1.79 bits per heavy atom. The molecule has 0 unspecified atom stereocenters. The molecule has 1 saturated carbocycles. The first-order chi connectivity index (χ1) is 11.1. The first kappa shape index (κ1) is 22.0. The molecular formula is C19H39IN4. The van der Waals surface area contributed by atoms with Crippen molar-refractivity contribution in [2.45, 2.75) is 84.7 Å². The van der Waals surface area contributed by atoms with Gasteiger partial charge in [-0.15, -0.1) is 24.0 Å². The average Bonchev–Trinajstić information content (AvgIpc) is 3.03. The molecule has 2 aliphatic rings. The maximum atomic E-state index is 4.97. The lowest BCUT2D eigenvalue weighted by Crippen LogP contribution is -2.50. The number of guanidine groups is 1. The second kappa shape index (κ2) is 10.8. The molecular weight excluding hydrogens is 411 g/mol. The summed E-state index contributed by atoms with van der Waals surface area (Å²) in [4.78, 5) is 7.54. The maximum Gasteiger partial charge on any atom is 0.191 e. The highest BCUT2D eigenvalue weighted by Gasteiger charge is 2.32. The van der Waals surface area contributed by atoms with Crippen LogP contribution in [0.1, 0.15) is 72.6 Å². The Morgan fingerprint density at radius 1 is 1.17 bits per heavy atom. The fraction of sp³-hybridized carbons (Fsp3) is 0.947. The van der Waals surface area contributed by atoms with E-state index in [1.54, 1.807) is 0 Å². The van der Waals surface area contributed by atoms with Crippen molar-refractivity contribution in [3.63, 3.8) is 0 Å². The van der Waals surface area contributed by atoms with Gasteiger partial charge in [0.05, 0.1) is 0 Å². The highest BCUT2D eigenvalue weighted by Crippen LogP contribution is 2.41. The van der Waals surface area contributed by atoms with Crippen LogP contribution in [0.4, 0.5) is 0 Å². The first-order valence-electron chi connectivity index (χ1n) is 9.87. The summed E-state index contributed by atoms with van der Waals surface area (Å²) < 4.78 is 0. The fourth-order valence-electron chi connectivity index (χ4n) is 4.07. The second-order valence-electron chi connectivity index (χ2n) is 7.80. The zero-order valence-electron chi connectivity index (χ0n) is 16.2. The van der Waals surface area contributed by atoms with E-state index >= 15 is 0 Å². The van der Waals surface area contributed by atoms with E-state index in [0.717, 1.165) is 19.0 Å². The van der Waals surface area contributed by atoms with Crippen LogP contribution in [0.25, 0.3) is 0 Å². The predicted octanol–water partition coefficient (Wildman–Crippen LogP) is 4.00. The fourth-order valence-corrected chi connectivity index (χ4v) is 4.07. The molecule has 0 radical (unpaired) electrons. The first-order valence-corrected chi connectivity index (χ1v) is 9.87. The van der Waals surface area contributed by atoms with Gasteiger partial charge in [-0.3, -0.25) is 4.99 Å². The van der Waals surface area contributed by atoms with E-state index in [9.17, 15) is 0 Å². The smallest absolute Gasteiger partial charge is 0.191 e. The molecule has 24 heavy (non-hydrogen) atoms. The van der Waals surface area contributed by atoms with Crippen LogP contribution in [0, 0.1) is 5.41 Å². The van der Waals surface area contributed by atoms with E-state index in [1.807, 2.05) is 0 Å². The van der Waals surface area contributed by atoms with E-state index in [1.165, 1.54) is 58.0 Å². The van der Waals surface area contributed by atoms with Gasteiger partial charge in [-0.2, -0.15) is 0 Å². The molecule has 5 heteroatoms. The predicted molar refractivity (Wildman–Crippen MR) is 115 cm³/mol. The van der Waals surface area contributed by atoms with E-state index in [-0.39, 0.29) is 24.0 Å². The van der Waals surface area contributed by atoms with Crippen LogP contribution < -0.4 is 10.6 Å². The Bertz CT molecular complexity index is 370. The summed E-state index contributed by atoms with van der Waals surface area (Å²) in [6, 6.07) is 1.24. The minimum absolute atomic E-state index is 0. The molecule has 1 heterocycles. The van der Waals surface area contributed by atoms with Crippen LogP contribution in [0.15, 0.2) is 4.99 Å². The normalized spacial score (nSPS) is 22.5. The van der Waals surface area contributed by atoms with Gasteiger partial charge >= 0.3 is 0 Å². The van der Waals surface area contributed by atoms with Crippen LogP contribution >= 0.6 is 24.0 Å². The molecule has 0 aromatic heterocycles. The second-order valence-corrected chi connectivity index (χ2v) is 7.80. The summed E-state index contributed by atoms with van der Waals surface area (Å²) in [5, 5.41) is 7.15. The molecule has 0 aromatic rings. The van der Waals surface area contributed by atoms with Gasteiger partial charge in [-0.1, -0.05) is 19.8 Å². The zero-order chi connectivity index (χ0) is 16.7. The van der Waals surface area contributed by atoms with E-state index in [0.29, 0.717) is 17.5 Å². The summed E-state index contributed by atoms with van der Waals surface area (Å²) in [7, 11) is 0. The van der Waals surface area contributed by atoms with Crippen molar-refractivity contribution in [1.29, 1.82) is 0 Å². The zero-order valence-corrected chi connectivity index (χ0v) is 18.6. The molecule has 2 N–H and O–H groups in total. The van der Waals surface area contributed by atoms with Gasteiger partial charge in [0.25, 0.3) is 0 Å². The third-order valence-corrected chi connectivity index (χ3v) is 5.93. The molecule has 1 aliphatic heterocycles. The Morgan fingerprint density at radius 3 is 2.29 bits per heavy atom. The third kappa shape index (κ3) is 6.36. The molecule has 4 nitrogen and oxygen atoms in total. The van der Waals surface area contributed by atoms with Crippen molar-refractivity contribution < 1.29 is 0 Å². The minimum atomic E-state index is 0. The molecule has 1 saturated heterocycles. The van der Waals surface area contributed by atoms with Crippen molar-refractivity contribution in [3.8, 4) is 0 Å². The summed E-state index contributed by atoms with van der Waals surface area (Å²) >= 11 is 0. The molecule has 2 rings (SSSR count). The summed E-state index contributed by atoms with van der Waals surface area (Å²) in [5.41, 5.74) is 0.476. The van der Waals surface area contributed by atoms with Crippen LogP contribution in [0.2, 0.25) is 0 Å². The van der Waals surface area contributed by atoms with Gasteiger partial charge in [0.1, 0.15) is 0 Å². The standard InChI is InChI=1S/C19H38N4.HI/c1-5-19(11-7-8-12-19)15-21-18(20-6-2)22-17-9-13-23(14-10-17)16(3)4;/h16-17H,5-15H2,1-4H3,(H2,20,21,22);1H. The summed E-state index contributed by atoms with van der Waals surface area (Å²) in [5.74, 6) is 1.04.